The topological polar surface area (TPSA) is 88.6 Å². The van der Waals surface area contributed by atoms with E-state index in [1.165, 1.54) is 0 Å². The number of nitrogens with one attached hydrogen (secondary N) is 2. The Hall–Kier alpha value is -2.48. The maximum Gasteiger partial charge on any atom is 0.160 e. The van der Waals surface area contributed by atoms with E-state index < -0.39 is 6.10 Å². The molecule has 0 bridgehead atoms. The molecule has 3 aromatic rings. The predicted octanol–water partition coefficient (Wildman–Crippen LogP) is 2.57. The fraction of sp³-hybridized carbons (Fsp3) is 0.350. The SMILES string of the molecule is COc1ccc(CCNCC(O)COc2cccc3[nH]cnc23)cc1OC.Cl. The zero-order valence-corrected chi connectivity index (χ0v) is 16.8. The van der Waals surface area contributed by atoms with Gasteiger partial charge in [0.2, 0.25) is 0 Å². The number of aromatic nitrogens is 2. The van der Waals surface area contributed by atoms with Gasteiger partial charge < -0.3 is 29.6 Å². The molecule has 152 valence electrons. The molecule has 0 aliphatic heterocycles. The van der Waals surface area contributed by atoms with Crippen molar-refractivity contribution in [1.29, 1.82) is 0 Å². The number of imidazole rings is 1. The Labute approximate surface area is 170 Å². The highest BCUT2D eigenvalue weighted by molar-refractivity contribution is 5.85. The number of benzene rings is 2. The van der Waals surface area contributed by atoms with Crippen LogP contribution >= 0.6 is 12.4 Å². The van der Waals surface area contributed by atoms with Crippen molar-refractivity contribution in [1.82, 2.24) is 15.3 Å². The average molecular weight is 408 g/mol. The molecule has 0 fully saturated rings. The number of ether oxygens (including phenoxy) is 3. The lowest BCUT2D eigenvalue weighted by molar-refractivity contribution is 0.107. The third-order valence-corrected chi connectivity index (χ3v) is 4.26. The van der Waals surface area contributed by atoms with Gasteiger partial charge in [-0.05, 0) is 42.8 Å². The van der Waals surface area contributed by atoms with Crippen LogP contribution in [0.1, 0.15) is 5.56 Å². The minimum Gasteiger partial charge on any atom is -0.493 e. The lowest BCUT2D eigenvalue weighted by Gasteiger charge is -2.14. The summed E-state index contributed by atoms with van der Waals surface area (Å²) in [5.74, 6) is 2.10. The van der Waals surface area contributed by atoms with E-state index in [0.717, 1.165) is 35.3 Å². The highest BCUT2D eigenvalue weighted by Gasteiger charge is 2.09. The fourth-order valence-corrected chi connectivity index (χ4v) is 2.84. The Morgan fingerprint density at radius 2 is 1.93 bits per heavy atom. The van der Waals surface area contributed by atoms with Gasteiger partial charge >= 0.3 is 0 Å². The number of hydrogen-bond acceptors (Lipinski definition) is 6. The normalized spacial score (nSPS) is 11.7. The van der Waals surface area contributed by atoms with Crippen molar-refractivity contribution in [3.63, 3.8) is 0 Å². The predicted molar refractivity (Wildman–Crippen MR) is 111 cm³/mol. The van der Waals surface area contributed by atoms with E-state index in [1.54, 1.807) is 20.5 Å². The van der Waals surface area contributed by atoms with Gasteiger partial charge in [0.25, 0.3) is 0 Å². The molecule has 8 heteroatoms. The van der Waals surface area contributed by atoms with Crippen LogP contribution in [0, 0.1) is 0 Å². The maximum absolute atomic E-state index is 10.1. The number of rotatable bonds is 10. The quantitative estimate of drug-likeness (QED) is 0.448. The molecule has 28 heavy (non-hydrogen) atoms. The molecule has 7 nitrogen and oxygen atoms in total. The summed E-state index contributed by atoms with van der Waals surface area (Å²) >= 11 is 0. The van der Waals surface area contributed by atoms with Gasteiger partial charge in [-0.25, -0.2) is 4.98 Å². The summed E-state index contributed by atoms with van der Waals surface area (Å²) in [6.07, 6.45) is 1.84. The summed E-state index contributed by atoms with van der Waals surface area (Å²) in [6.45, 7) is 1.39. The number of fused-ring (bicyclic) bond motifs is 1. The monoisotopic (exact) mass is 407 g/mol. The van der Waals surface area contributed by atoms with Crippen LogP contribution in [0.25, 0.3) is 11.0 Å². The van der Waals surface area contributed by atoms with E-state index in [4.69, 9.17) is 14.2 Å². The average Bonchev–Trinajstić information content (AvgIpc) is 3.18. The van der Waals surface area contributed by atoms with E-state index >= 15 is 0 Å². The smallest absolute Gasteiger partial charge is 0.160 e. The second-order valence-corrected chi connectivity index (χ2v) is 6.16. The molecule has 1 heterocycles. The minimum atomic E-state index is -0.607. The zero-order chi connectivity index (χ0) is 19.1. The first kappa shape index (κ1) is 21.8. The van der Waals surface area contributed by atoms with Crippen LogP contribution in [-0.4, -0.2) is 55.1 Å². The van der Waals surface area contributed by atoms with Crippen LogP contribution in [0.4, 0.5) is 0 Å². The molecule has 0 spiro atoms. The number of H-pyrrole nitrogens is 1. The summed E-state index contributed by atoms with van der Waals surface area (Å²) < 4.78 is 16.3. The molecule has 0 amide bonds. The third kappa shape index (κ3) is 5.51. The van der Waals surface area contributed by atoms with Gasteiger partial charge in [0.1, 0.15) is 24.0 Å². The number of aliphatic hydroxyl groups is 1. The first-order valence-electron chi connectivity index (χ1n) is 8.86. The van der Waals surface area contributed by atoms with Crippen LogP contribution in [0.2, 0.25) is 0 Å². The van der Waals surface area contributed by atoms with Crippen molar-refractivity contribution in [3.8, 4) is 17.2 Å². The van der Waals surface area contributed by atoms with Gasteiger partial charge in [0.15, 0.2) is 11.5 Å². The van der Waals surface area contributed by atoms with E-state index in [9.17, 15) is 5.11 Å². The van der Waals surface area contributed by atoms with Crippen LogP contribution in [0.5, 0.6) is 17.2 Å². The summed E-state index contributed by atoms with van der Waals surface area (Å²) in [7, 11) is 3.24. The Morgan fingerprint density at radius 1 is 1.11 bits per heavy atom. The minimum absolute atomic E-state index is 0. The van der Waals surface area contributed by atoms with Gasteiger partial charge in [0, 0.05) is 6.54 Å². The van der Waals surface area contributed by atoms with Gasteiger partial charge in [-0.1, -0.05) is 12.1 Å². The Balaban J connectivity index is 0.00000280. The number of hydrogen-bond donors (Lipinski definition) is 3. The first-order chi connectivity index (χ1) is 13.2. The number of halogens is 1. The van der Waals surface area contributed by atoms with Crippen molar-refractivity contribution >= 4 is 23.4 Å². The molecule has 0 radical (unpaired) electrons. The Morgan fingerprint density at radius 3 is 2.71 bits per heavy atom. The molecule has 1 atom stereocenters. The molecule has 3 rings (SSSR count). The van der Waals surface area contributed by atoms with E-state index in [0.29, 0.717) is 18.0 Å². The Kier molecular flexibility index (Phi) is 8.38. The van der Waals surface area contributed by atoms with E-state index in [1.807, 2.05) is 36.4 Å². The fourth-order valence-electron chi connectivity index (χ4n) is 2.84. The molecule has 1 aromatic heterocycles. The van der Waals surface area contributed by atoms with E-state index in [-0.39, 0.29) is 19.0 Å². The standard InChI is InChI=1S/C20H25N3O4.ClH/c1-25-17-7-6-14(10-19(17)26-2)8-9-21-11-15(24)12-27-18-5-3-4-16-20(18)23-13-22-16;/h3-7,10,13,15,21,24H,8-9,11-12H2,1-2H3,(H,22,23);1H. The molecule has 1 unspecified atom stereocenters. The van der Waals surface area contributed by atoms with Crippen molar-refractivity contribution < 1.29 is 19.3 Å². The van der Waals surface area contributed by atoms with Crippen LogP contribution < -0.4 is 19.5 Å². The number of aliphatic hydroxyl groups excluding tert-OH is 1. The highest BCUT2D eigenvalue weighted by Crippen LogP contribution is 2.27. The molecule has 3 N–H and O–H groups in total. The highest BCUT2D eigenvalue weighted by atomic mass is 35.5. The number of nitrogens with zero attached hydrogens (tertiary/aromatic N) is 1. The van der Waals surface area contributed by atoms with Gasteiger partial charge in [-0.15, -0.1) is 12.4 Å². The van der Waals surface area contributed by atoms with Crippen molar-refractivity contribution in [2.75, 3.05) is 33.9 Å². The van der Waals surface area contributed by atoms with Crippen LogP contribution in [0.15, 0.2) is 42.7 Å². The molecule has 0 aliphatic carbocycles. The molecule has 2 aromatic carbocycles. The number of methoxy groups -OCH3 is 2. The summed E-state index contributed by atoms with van der Waals surface area (Å²) in [5, 5.41) is 13.4. The maximum atomic E-state index is 10.1. The largest absolute Gasteiger partial charge is 0.493 e. The zero-order valence-electron chi connectivity index (χ0n) is 16.0. The summed E-state index contributed by atoms with van der Waals surface area (Å²) in [5.41, 5.74) is 2.82. The molecular weight excluding hydrogens is 382 g/mol. The molecule has 0 saturated carbocycles. The molecule has 0 aliphatic rings. The van der Waals surface area contributed by atoms with Crippen LogP contribution in [-0.2, 0) is 6.42 Å². The lowest BCUT2D eigenvalue weighted by atomic mass is 10.1. The molecule has 0 saturated heterocycles. The summed E-state index contributed by atoms with van der Waals surface area (Å²) in [4.78, 5) is 7.27. The summed E-state index contributed by atoms with van der Waals surface area (Å²) in [6, 6.07) is 11.5. The number of aromatic amines is 1. The van der Waals surface area contributed by atoms with Crippen molar-refractivity contribution in [3.05, 3.63) is 48.3 Å². The number of para-hydroxylation sites is 1. The van der Waals surface area contributed by atoms with Gasteiger partial charge in [-0.3, -0.25) is 0 Å². The van der Waals surface area contributed by atoms with Crippen molar-refractivity contribution in [2.45, 2.75) is 12.5 Å². The molecular formula is C20H26ClN3O4. The van der Waals surface area contributed by atoms with Gasteiger partial charge in [0.05, 0.1) is 26.1 Å². The van der Waals surface area contributed by atoms with Crippen LogP contribution in [0.3, 0.4) is 0 Å². The second-order valence-electron chi connectivity index (χ2n) is 6.16. The lowest BCUT2D eigenvalue weighted by Crippen LogP contribution is -2.32. The Bertz CT molecular complexity index is 872. The van der Waals surface area contributed by atoms with Crippen molar-refractivity contribution in [2.24, 2.45) is 0 Å². The van der Waals surface area contributed by atoms with Gasteiger partial charge in [-0.2, -0.15) is 0 Å². The van der Waals surface area contributed by atoms with E-state index in [2.05, 4.69) is 15.3 Å². The third-order valence-electron chi connectivity index (χ3n) is 4.26. The second kappa shape index (κ2) is 10.8. The first-order valence-corrected chi connectivity index (χ1v) is 8.86.